The van der Waals surface area contributed by atoms with Gasteiger partial charge in [0.25, 0.3) is 5.91 Å². The van der Waals surface area contributed by atoms with E-state index in [0.717, 1.165) is 49.8 Å². The van der Waals surface area contributed by atoms with Crippen LogP contribution in [0, 0.1) is 5.92 Å². The van der Waals surface area contributed by atoms with Gasteiger partial charge in [-0.3, -0.25) is 14.5 Å². The van der Waals surface area contributed by atoms with E-state index in [9.17, 15) is 14.4 Å². The quantitative estimate of drug-likeness (QED) is 0.692. The van der Waals surface area contributed by atoms with E-state index in [1.807, 2.05) is 6.92 Å². The van der Waals surface area contributed by atoms with E-state index < -0.39 is 11.6 Å². The zero-order valence-corrected chi connectivity index (χ0v) is 15.9. The fraction of sp³-hybridized carbons (Fsp3) is 0.842. The lowest BCUT2D eigenvalue weighted by Crippen LogP contribution is -2.47. The SMILES string of the molecule is CC(C)CCCC(C)NC(=O)CN1C(=O)NC2(CCCCCC2)C1=O. The van der Waals surface area contributed by atoms with Crippen LogP contribution in [-0.4, -0.2) is 40.9 Å². The van der Waals surface area contributed by atoms with Gasteiger partial charge in [0.1, 0.15) is 12.1 Å². The molecule has 6 nitrogen and oxygen atoms in total. The van der Waals surface area contributed by atoms with Gasteiger partial charge in [-0.15, -0.1) is 0 Å². The Bertz CT molecular complexity index is 496. The molecule has 2 fully saturated rings. The Morgan fingerprint density at radius 1 is 1.12 bits per heavy atom. The van der Waals surface area contributed by atoms with Crippen molar-refractivity contribution in [2.75, 3.05) is 6.54 Å². The Kier molecular flexibility index (Phi) is 6.85. The van der Waals surface area contributed by atoms with E-state index in [1.54, 1.807) is 0 Å². The molecule has 142 valence electrons. The molecule has 1 aliphatic heterocycles. The maximum absolute atomic E-state index is 12.8. The van der Waals surface area contributed by atoms with Gasteiger partial charge in [0, 0.05) is 6.04 Å². The zero-order valence-electron chi connectivity index (χ0n) is 15.9. The summed E-state index contributed by atoms with van der Waals surface area (Å²) in [5.74, 6) is 0.179. The number of amides is 4. The van der Waals surface area contributed by atoms with Crippen molar-refractivity contribution in [2.45, 2.75) is 90.1 Å². The number of carbonyl (C=O) groups excluding carboxylic acids is 3. The van der Waals surface area contributed by atoms with Crippen LogP contribution in [0.25, 0.3) is 0 Å². The molecule has 1 unspecified atom stereocenters. The first kappa shape index (κ1) is 19.7. The van der Waals surface area contributed by atoms with Crippen molar-refractivity contribution in [2.24, 2.45) is 5.92 Å². The summed E-state index contributed by atoms with van der Waals surface area (Å²) in [6.07, 6.45) is 8.55. The molecule has 1 saturated heterocycles. The van der Waals surface area contributed by atoms with Gasteiger partial charge in [-0.25, -0.2) is 4.79 Å². The summed E-state index contributed by atoms with van der Waals surface area (Å²) in [6, 6.07) is -0.367. The minimum Gasteiger partial charge on any atom is -0.352 e. The number of hydrogen-bond acceptors (Lipinski definition) is 3. The Balaban J connectivity index is 1.85. The van der Waals surface area contributed by atoms with E-state index in [2.05, 4.69) is 24.5 Å². The molecule has 0 aromatic rings. The lowest BCUT2D eigenvalue weighted by molar-refractivity contribution is -0.135. The smallest absolute Gasteiger partial charge is 0.325 e. The van der Waals surface area contributed by atoms with Crippen LogP contribution < -0.4 is 10.6 Å². The second-order valence-corrected chi connectivity index (χ2v) is 8.11. The maximum Gasteiger partial charge on any atom is 0.325 e. The molecule has 2 rings (SSSR count). The molecule has 1 aliphatic carbocycles. The molecule has 1 spiro atoms. The molecule has 0 radical (unpaired) electrons. The summed E-state index contributed by atoms with van der Waals surface area (Å²) in [5.41, 5.74) is -0.767. The van der Waals surface area contributed by atoms with E-state index in [1.165, 1.54) is 0 Å². The topological polar surface area (TPSA) is 78.5 Å². The van der Waals surface area contributed by atoms with E-state index in [4.69, 9.17) is 0 Å². The molecule has 25 heavy (non-hydrogen) atoms. The average molecular weight is 351 g/mol. The molecule has 1 atom stereocenters. The average Bonchev–Trinajstić information content (AvgIpc) is 2.71. The number of nitrogens with zero attached hydrogens (tertiary/aromatic N) is 1. The van der Waals surface area contributed by atoms with Crippen LogP contribution in [0.1, 0.15) is 78.6 Å². The number of nitrogens with one attached hydrogen (secondary N) is 2. The van der Waals surface area contributed by atoms with Gasteiger partial charge in [0.15, 0.2) is 0 Å². The normalized spacial score (nSPS) is 21.4. The number of hydrogen-bond donors (Lipinski definition) is 2. The lowest BCUT2D eigenvalue weighted by Gasteiger charge is -2.24. The fourth-order valence-corrected chi connectivity index (χ4v) is 3.86. The molecule has 1 saturated carbocycles. The summed E-state index contributed by atoms with van der Waals surface area (Å²) >= 11 is 0. The van der Waals surface area contributed by atoms with Crippen molar-refractivity contribution in [1.29, 1.82) is 0 Å². The van der Waals surface area contributed by atoms with Gasteiger partial charge in [-0.1, -0.05) is 52.4 Å². The van der Waals surface area contributed by atoms with Crippen LogP contribution in [0.2, 0.25) is 0 Å². The second-order valence-electron chi connectivity index (χ2n) is 8.11. The van der Waals surface area contributed by atoms with Crippen LogP contribution in [0.3, 0.4) is 0 Å². The minimum absolute atomic E-state index is 0.0545. The predicted molar refractivity (Wildman–Crippen MR) is 97.0 cm³/mol. The van der Waals surface area contributed by atoms with Crippen LogP contribution in [-0.2, 0) is 9.59 Å². The molecule has 6 heteroatoms. The van der Waals surface area contributed by atoms with Gasteiger partial charge in [-0.2, -0.15) is 0 Å². The number of carbonyl (C=O) groups is 3. The molecule has 4 amide bonds. The second kappa shape index (κ2) is 8.68. The summed E-state index contributed by atoms with van der Waals surface area (Å²) in [4.78, 5) is 38.4. The van der Waals surface area contributed by atoms with Crippen LogP contribution in [0.5, 0.6) is 0 Å². The molecule has 1 heterocycles. The van der Waals surface area contributed by atoms with Crippen molar-refractivity contribution in [3.05, 3.63) is 0 Å². The highest BCUT2D eigenvalue weighted by Crippen LogP contribution is 2.32. The summed E-state index contributed by atoms with van der Waals surface area (Å²) in [6.45, 7) is 6.16. The van der Waals surface area contributed by atoms with E-state index >= 15 is 0 Å². The van der Waals surface area contributed by atoms with Crippen molar-refractivity contribution in [1.82, 2.24) is 15.5 Å². The summed E-state index contributed by atoms with van der Waals surface area (Å²) in [7, 11) is 0. The number of imide groups is 1. The Morgan fingerprint density at radius 2 is 1.76 bits per heavy atom. The molecule has 0 aromatic heterocycles. The highest BCUT2D eigenvalue weighted by molar-refractivity contribution is 6.09. The Labute approximate surface area is 151 Å². The molecular formula is C19H33N3O3. The lowest BCUT2D eigenvalue weighted by atomic mass is 9.90. The zero-order chi connectivity index (χ0) is 18.4. The predicted octanol–water partition coefficient (Wildman–Crippen LogP) is 2.96. The van der Waals surface area contributed by atoms with Crippen molar-refractivity contribution < 1.29 is 14.4 Å². The highest BCUT2D eigenvalue weighted by atomic mass is 16.2. The molecule has 0 bridgehead atoms. The van der Waals surface area contributed by atoms with Crippen LogP contribution in [0.15, 0.2) is 0 Å². The third-order valence-corrected chi connectivity index (χ3v) is 5.33. The fourth-order valence-electron chi connectivity index (χ4n) is 3.86. The first-order chi connectivity index (χ1) is 11.8. The van der Waals surface area contributed by atoms with Crippen molar-refractivity contribution >= 4 is 17.8 Å². The maximum atomic E-state index is 12.8. The summed E-state index contributed by atoms with van der Waals surface area (Å²) < 4.78 is 0. The van der Waals surface area contributed by atoms with Gasteiger partial charge < -0.3 is 10.6 Å². The molecule has 0 aromatic carbocycles. The molecule has 2 N–H and O–H groups in total. The van der Waals surface area contributed by atoms with Gasteiger partial charge >= 0.3 is 6.03 Å². The monoisotopic (exact) mass is 351 g/mol. The van der Waals surface area contributed by atoms with E-state index in [-0.39, 0.29) is 24.4 Å². The first-order valence-electron chi connectivity index (χ1n) is 9.77. The third kappa shape index (κ3) is 5.19. The van der Waals surface area contributed by atoms with Crippen molar-refractivity contribution in [3.63, 3.8) is 0 Å². The number of rotatable bonds is 7. The standard InChI is InChI=1S/C19H33N3O3/c1-14(2)9-8-10-15(3)20-16(23)13-22-17(24)19(21-18(22)25)11-6-4-5-7-12-19/h14-15H,4-13H2,1-3H3,(H,20,23)(H,21,25). The molecule has 2 aliphatic rings. The summed E-state index contributed by atoms with van der Waals surface area (Å²) in [5, 5.41) is 5.78. The molecular weight excluding hydrogens is 318 g/mol. The third-order valence-electron chi connectivity index (χ3n) is 5.33. The van der Waals surface area contributed by atoms with Crippen molar-refractivity contribution in [3.8, 4) is 0 Å². The Morgan fingerprint density at radius 3 is 2.36 bits per heavy atom. The number of urea groups is 1. The highest BCUT2D eigenvalue weighted by Gasteiger charge is 2.51. The van der Waals surface area contributed by atoms with Gasteiger partial charge in [0.05, 0.1) is 0 Å². The largest absolute Gasteiger partial charge is 0.352 e. The van der Waals surface area contributed by atoms with Crippen LogP contribution in [0.4, 0.5) is 4.79 Å². The van der Waals surface area contributed by atoms with Gasteiger partial charge in [-0.05, 0) is 32.1 Å². The first-order valence-corrected chi connectivity index (χ1v) is 9.77. The van der Waals surface area contributed by atoms with E-state index in [0.29, 0.717) is 18.8 Å². The van der Waals surface area contributed by atoms with Gasteiger partial charge in [0.2, 0.25) is 5.91 Å². The Hall–Kier alpha value is -1.59. The minimum atomic E-state index is -0.767. The van der Waals surface area contributed by atoms with Crippen LogP contribution >= 0.6 is 0 Å².